The number of unbranched alkanes of at least 4 members (excludes halogenated alkanes) is 2. The van der Waals surface area contributed by atoms with Crippen molar-refractivity contribution in [2.45, 2.75) is 37.6 Å². The second-order valence-electron chi connectivity index (χ2n) is 4.47. The van der Waals surface area contributed by atoms with Gasteiger partial charge in [0.1, 0.15) is 4.90 Å². The smallest absolute Gasteiger partial charge is 0.242 e. The van der Waals surface area contributed by atoms with Crippen LogP contribution in [0, 0.1) is 0 Å². The highest BCUT2D eigenvalue weighted by atomic mass is 35.5. The van der Waals surface area contributed by atoms with Crippen molar-refractivity contribution in [3.63, 3.8) is 0 Å². The number of rotatable bonds is 8. The third-order valence-electron chi connectivity index (χ3n) is 2.87. The van der Waals surface area contributed by atoms with Gasteiger partial charge in [0.25, 0.3) is 0 Å². The van der Waals surface area contributed by atoms with Crippen molar-refractivity contribution < 1.29 is 8.42 Å². The lowest BCUT2D eigenvalue weighted by atomic mass is 10.2. The fourth-order valence-corrected chi connectivity index (χ4v) is 3.77. The Balaban J connectivity index is 2.97. The van der Waals surface area contributed by atoms with Crippen LogP contribution in [0.3, 0.4) is 0 Å². The van der Waals surface area contributed by atoms with Gasteiger partial charge in [-0.1, -0.05) is 43.0 Å². The highest BCUT2D eigenvalue weighted by molar-refractivity contribution is 7.89. The van der Waals surface area contributed by atoms with Gasteiger partial charge in [0.2, 0.25) is 10.0 Å². The predicted molar refractivity (Wildman–Crippen MR) is 83.9 cm³/mol. The highest BCUT2D eigenvalue weighted by Crippen LogP contribution is 2.30. The first-order valence-electron chi connectivity index (χ1n) is 6.55. The average Bonchev–Trinajstić information content (AvgIpc) is 2.39. The summed E-state index contributed by atoms with van der Waals surface area (Å²) in [5.41, 5.74) is 0.590. The molecule has 114 valence electrons. The topological polar surface area (TPSA) is 58.2 Å². The van der Waals surface area contributed by atoms with Gasteiger partial charge in [0, 0.05) is 23.7 Å². The first-order valence-corrected chi connectivity index (χ1v) is 8.79. The molecule has 0 saturated heterocycles. The Labute approximate surface area is 130 Å². The molecule has 0 atom stereocenters. The maximum absolute atomic E-state index is 12.2. The molecule has 0 bridgehead atoms. The SMILES string of the molecule is CCCCCNS(=O)(=O)c1ccc(Cl)c(CNC)c1Cl. The van der Waals surface area contributed by atoms with Crippen LogP contribution < -0.4 is 10.0 Å². The molecular weight excluding hydrogens is 319 g/mol. The zero-order valence-corrected chi connectivity index (χ0v) is 14.0. The van der Waals surface area contributed by atoms with Crippen LogP contribution in [0.15, 0.2) is 17.0 Å². The number of nitrogens with one attached hydrogen (secondary N) is 2. The third kappa shape index (κ3) is 4.60. The van der Waals surface area contributed by atoms with E-state index in [9.17, 15) is 8.42 Å². The van der Waals surface area contributed by atoms with Gasteiger partial charge in [-0.25, -0.2) is 13.1 Å². The lowest BCUT2D eigenvalue weighted by molar-refractivity contribution is 0.576. The number of hydrogen-bond donors (Lipinski definition) is 2. The zero-order valence-electron chi connectivity index (χ0n) is 11.7. The Bertz CT molecular complexity index is 548. The van der Waals surface area contributed by atoms with E-state index >= 15 is 0 Å². The number of halogens is 2. The first kappa shape index (κ1) is 17.7. The molecule has 0 aliphatic carbocycles. The maximum Gasteiger partial charge on any atom is 0.242 e. The van der Waals surface area contributed by atoms with E-state index < -0.39 is 10.0 Å². The Kier molecular flexibility index (Phi) is 7.26. The van der Waals surface area contributed by atoms with E-state index in [1.54, 1.807) is 13.1 Å². The molecule has 0 saturated carbocycles. The molecule has 0 heterocycles. The van der Waals surface area contributed by atoms with E-state index in [0.29, 0.717) is 23.7 Å². The van der Waals surface area contributed by atoms with E-state index in [1.165, 1.54) is 6.07 Å². The average molecular weight is 339 g/mol. The van der Waals surface area contributed by atoms with Gasteiger partial charge in [0.05, 0.1) is 5.02 Å². The quantitative estimate of drug-likeness (QED) is 0.715. The van der Waals surface area contributed by atoms with E-state index in [2.05, 4.69) is 17.0 Å². The standard InChI is InChI=1S/C13H20Cl2N2O2S/c1-3-4-5-8-17-20(18,19)12-7-6-11(14)10(9-16-2)13(12)15/h6-7,16-17H,3-5,8-9H2,1-2H3. The molecular formula is C13H20Cl2N2O2S. The minimum Gasteiger partial charge on any atom is -0.316 e. The fourth-order valence-electron chi connectivity index (χ4n) is 1.78. The predicted octanol–water partition coefficient (Wildman–Crippen LogP) is 3.18. The summed E-state index contributed by atoms with van der Waals surface area (Å²) in [6.07, 6.45) is 2.84. The minimum atomic E-state index is -3.60. The van der Waals surface area contributed by atoms with Crippen LogP contribution in [0.2, 0.25) is 10.0 Å². The molecule has 20 heavy (non-hydrogen) atoms. The first-order chi connectivity index (χ1) is 9.44. The Morgan fingerprint density at radius 1 is 1.20 bits per heavy atom. The Morgan fingerprint density at radius 3 is 2.50 bits per heavy atom. The summed E-state index contributed by atoms with van der Waals surface area (Å²) in [5, 5.41) is 3.55. The van der Waals surface area contributed by atoms with E-state index in [4.69, 9.17) is 23.2 Å². The van der Waals surface area contributed by atoms with Gasteiger partial charge in [-0.05, 0) is 25.6 Å². The molecule has 0 amide bonds. The fraction of sp³-hybridized carbons (Fsp3) is 0.538. The molecule has 7 heteroatoms. The lowest BCUT2D eigenvalue weighted by Crippen LogP contribution is -2.25. The summed E-state index contributed by atoms with van der Waals surface area (Å²) >= 11 is 12.2. The second kappa shape index (κ2) is 8.20. The lowest BCUT2D eigenvalue weighted by Gasteiger charge is -2.12. The molecule has 0 aliphatic heterocycles. The van der Waals surface area contributed by atoms with Gasteiger partial charge in [-0.3, -0.25) is 0 Å². The van der Waals surface area contributed by atoms with Crippen molar-refractivity contribution in [2.24, 2.45) is 0 Å². The van der Waals surface area contributed by atoms with Crippen LogP contribution in [0.25, 0.3) is 0 Å². The Hall–Kier alpha value is -0.330. The van der Waals surface area contributed by atoms with E-state index in [-0.39, 0.29) is 9.92 Å². The minimum absolute atomic E-state index is 0.0744. The third-order valence-corrected chi connectivity index (χ3v) is 5.27. The molecule has 0 aromatic heterocycles. The van der Waals surface area contributed by atoms with Gasteiger partial charge >= 0.3 is 0 Å². The molecule has 0 aliphatic rings. The van der Waals surface area contributed by atoms with Crippen molar-refractivity contribution in [1.29, 1.82) is 0 Å². The second-order valence-corrected chi connectivity index (χ2v) is 6.99. The summed E-state index contributed by atoms with van der Waals surface area (Å²) in [6, 6.07) is 2.99. The van der Waals surface area contributed by atoms with Gasteiger partial charge < -0.3 is 5.32 Å². The Morgan fingerprint density at radius 2 is 1.90 bits per heavy atom. The van der Waals surface area contributed by atoms with E-state index in [0.717, 1.165) is 19.3 Å². The summed E-state index contributed by atoms with van der Waals surface area (Å²) in [7, 11) is -1.85. The molecule has 1 aromatic rings. The van der Waals surface area contributed by atoms with Crippen molar-refractivity contribution in [1.82, 2.24) is 10.0 Å². The molecule has 1 aromatic carbocycles. The van der Waals surface area contributed by atoms with Crippen molar-refractivity contribution in [2.75, 3.05) is 13.6 Å². The maximum atomic E-state index is 12.2. The van der Waals surface area contributed by atoms with E-state index in [1.807, 2.05) is 0 Å². The van der Waals surface area contributed by atoms with Crippen LogP contribution in [0.1, 0.15) is 31.7 Å². The summed E-state index contributed by atoms with van der Waals surface area (Å²) in [6.45, 7) is 2.89. The van der Waals surface area contributed by atoms with Gasteiger partial charge in [-0.2, -0.15) is 0 Å². The molecule has 0 spiro atoms. The summed E-state index contributed by atoms with van der Waals surface area (Å²) < 4.78 is 27.0. The molecule has 2 N–H and O–H groups in total. The van der Waals surface area contributed by atoms with Gasteiger partial charge in [0.15, 0.2) is 0 Å². The number of benzene rings is 1. The number of sulfonamides is 1. The van der Waals surface area contributed by atoms with Crippen molar-refractivity contribution in [3.8, 4) is 0 Å². The van der Waals surface area contributed by atoms with Crippen LogP contribution in [-0.4, -0.2) is 22.0 Å². The normalized spacial score (nSPS) is 11.8. The zero-order chi connectivity index (χ0) is 15.2. The van der Waals surface area contributed by atoms with Crippen molar-refractivity contribution in [3.05, 3.63) is 27.7 Å². The molecule has 0 unspecified atom stereocenters. The summed E-state index contributed by atoms with van der Waals surface area (Å²) in [4.78, 5) is 0.0744. The molecule has 4 nitrogen and oxygen atoms in total. The number of hydrogen-bond acceptors (Lipinski definition) is 3. The van der Waals surface area contributed by atoms with Gasteiger partial charge in [-0.15, -0.1) is 0 Å². The van der Waals surface area contributed by atoms with Crippen LogP contribution in [0.4, 0.5) is 0 Å². The molecule has 0 radical (unpaired) electrons. The molecule has 0 fully saturated rings. The van der Waals surface area contributed by atoms with Crippen LogP contribution in [0.5, 0.6) is 0 Å². The van der Waals surface area contributed by atoms with Crippen LogP contribution >= 0.6 is 23.2 Å². The molecule has 1 rings (SSSR count). The summed E-state index contributed by atoms with van der Waals surface area (Å²) in [5.74, 6) is 0. The van der Waals surface area contributed by atoms with Crippen LogP contribution in [-0.2, 0) is 16.6 Å². The largest absolute Gasteiger partial charge is 0.316 e. The highest BCUT2D eigenvalue weighted by Gasteiger charge is 2.20. The monoisotopic (exact) mass is 338 g/mol. The van der Waals surface area contributed by atoms with Crippen molar-refractivity contribution >= 4 is 33.2 Å².